The molecule has 1 aromatic carbocycles. The van der Waals surface area contributed by atoms with E-state index in [0.717, 1.165) is 18.2 Å². The van der Waals surface area contributed by atoms with E-state index >= 15 is 0 Å². The van der Waals surface area contributed by atoms with Crippen LogP contribution in [0.2, 0.25) is 0 Å². The summed E-state index contributed by atoms with van der Waals surface area (Å²) in [5.74, 6) is -1.35. The number of rotatable bonds is 5. The van der Waals surface area contributed by atoms with Crippen LogP contribution in [0.25, 0.3) is 0 Å². The zero-order chi connectivity index (χ0) is 13.8. The standard InChI is InChI=1S/C10H11ClFNO4S/c1-2-13-10(14)6-17-8-4-3-7(12)5-9(8)18(11,15)16/h3-5H,2,6H2,1H3,(H,13,14). The molecule has 0 spiro atoms. The number of nitrogens with one attached hydrogen (secondary N) is 1. The summed E-state index contributed by atoms with van der Waals surface area (Å²) in [6, 6.07) is 2.85. The molecule has 0 saturated carbocycles. The minimum absolute atomic E-state index is 0.169. The van der Waals surface area contributed by atoms with Gasteiger partial charge in [-0.15, -0.1) is 0 Å². The molecule has 1 aromatic rings. The van der Waals surface area contributed by atoms with Gasteiger partial charge in [-0.05, 0) is 25.1 Å². The monoisotopic (exact) mass is 295 g/mol. The van der Waals surface area contributed by atoms with Crippen molar-refractivity contribution < 1.29 is 22.3 Å². The van der Waals surface area contributed by atoms with Crippen molar-refractivity contribution in [2.24, 2.45) is 0 Å². The third-order valence-electron chi connectivity index (χ3n) is 1.90. The normalized spacial score (nSPS) is 11.1. The van der Waals surface area contributed by atoms with Crippen LogP contribution >= 0.6 is 10.7 Å². The van der Waals surface area contributed by atoms with Crippen LogP contribution in [-0.2, 0) is 13.8 Å². The van der Waals surface area contributed by atoms with Gasteiger partial charge in [-0.3, -0.25) is 4.79 Å². The van der Waals surface area contributed by atoms with E-state index in [1.54, 1.807) is 6.92 Å². The van der Waals surface area contributed by atoms with Gasteiger partial charge in [0, 0.05) is 17.2 Å². The highest BCUT2D eigenvalue weighted by atomic mass is 35.7. The number of benzene rings is 1. The smallest absolute Gasteiger partial charge is 0.265 e. The quantitative estimate of drug-likeness (QED) is 0.830. The number of likely N-dealkylation sites (N-methyl/N-ethyl adjacent to an activating group) is 1. The first kappa shape index (κ1) is 14.7. The summed E-state index contributed by atoms with van der Waals surface area (Å²) in [6.45, 7) is 1.77. The first-order valence-corrected chi connectivity index (χ1v) is 7.29. The van der Waals surface area contributed by atoms with E-state index in [1.807, 2.05) is 0 Å². The van der Waals surface area contributed by atoms with Gasteiger partial charge < -0.3 is 10.1 Å². The second kappa shape index (κ2) is 6.01. The van der Waals surface area contributed by atoms with E-state index in [-0.39, 0.29) is 12.4 Å². The van der Waals surface area contributed by atoms with Crippen LogP contribution in [0.1, 0.15) is 6.92 Å². The van der Waals surface area contributed by atoms with Crippen LogP contribution in [0.5, 0.6) is 5.75 Å². The van der Waals surface area contributed by atoms with E-state index in [0.29, 0.717) is 6.54 Å². The average molecular weight is 296 g/mol. The van der Waals surface area contributed by atoms with E-state index in [9.17, 15) is 17.6 Å². The summed E-state index contributed by atoms with van der Waals surface area (Å²) in [7, 11) is 0.997. The highest BCUT2D eigenvalue weighted by Gasteiger charge is 2.18. The molecule has 0 atom stereocenters. The Morgan fingerprint density at radius 2 is 2.17 bits per heavy atom. The molecule has 0 aromatic heterocycles. The van der Waals surface area contributed by atoms with Crippen molar-refractivity contribution in [1.29, 1.82) is 0 Å². The van der Waals surface area contributed by atoms with Crippen LogP contribution in [0.4, 0.5) is 4.39 Å². The predicted octanol–water partition coefficient (Wildman–Crippen LogP) is 1.27. The van der Waals surface area contributed by atoms with Crippen molar-refractivity contribution in [3.63, 3.8) is 0 Å². The second-order valence-corrected chi connectivity index (χ2v) is 5.81. The second-order valence-electron chi connectivity index (χ2n) is 3.27. The number of halogens is 2. The number of hydrogen-bond acceptors (Lipinski definition) is 4. The molecular formula is C10H11ClFNO4S. The third kappa shape index (κ3) is 4.15. The molecule has 5 nitrogen and oxygen atoms in total. The molecule has 1 rings (SSSR count). The average Bonchev–Trinajstić information content (AvgIpc) is 2.26. The Hall–Kier alpha value is -1.34. The summed E-state index contributed by atoms with van der Waals surface area (Å²) >= 11 is 0. The number of hydrogen-bond donors (Lipinski definition) is 1. The molecule has 18 heavy (non-hydrogen) atoms. The highest BCUT2D eigenvalue weighted by molar-refractivity contribution is 8.13. The minimum Gasteiger partial charge on any atom is -0.482 e. The topological polar surface area (TPSA) is 72.5 Å². The highest BCUT2D eigenvalue weighted by Crippen LogP contribution is 2.27. The summed E-state index contributed by atoms with van der Waals surface area (Å²) in [5.41, 5.74) is 0. The van der Waals surface area contributed by atoms with Gasteiger partial charge in [0.15, 0.2) is 6.61 Å². The molecule has 0 aliphatic rings. The summed E-state index contributed by atoms with van der Waals surface area (Å²) in [5, 5.41) is 2.46. The number of carbonyl (C=O) groups excluding carboxylic acids is 1. The Bertz CT molecular complexity index is 547. The van der Waals surface area contributed by atoms with Crippen LogP contribution in [-0.4, -0.2) is 27.5 Å². The van der Waals surface area contributed by atoms with E-state index < -0.39 is 25.7 Å². The number of amides is 1. The fourth-order valence-corrected chi connectivity index (χ4v) is 2.17. The van der Waals surface area contributed by atoms with Crippen molar-refractivity contribution in [1.82, 2.24) is 5.32 Å². The van der Waals surface area contributed by atoms with Gasteiger partial charge in [-0.25, -0.2) is 12.8 Å². The van der Waals surface area contributed by atoms with Crippen molar-refractivity contribution in [3.05, 3.63) is 24.0 Å². The molecule has 0 unspecified atom stereocenters. The molecule has 0 aliphatic carbocycles. The largest absolute Gasteiger partial charge is 0.482 e. The first-order valence-electron chi connectivity index (χ1n) is 4.98. The third-order valence-corrected chi connectivity index (χ3v) is 3.24. The van der Waals surface area contributed by atoms with Gasteiger partial charge in [0.2, 0.25) is 0 Å². The molecule has 0 aliphatic heterocycles. The fourth-order valence-electron chi connectivity index (χ4n) is 1.18. The fraction of sp³-hybridized carbons (Fsp3) is 0.300. The van der Waals surface area contributed by atoms with Crippen molar-refractivity contribution in [2.75, 3.05) is 13.2 Å². The first-order chi connectivity index (χ1) is 8.34. The van der Waals surface area contributed by atoms with E-state index in [2.05, 4.69) is 5.32 Å². The maximum Gasteiger partial charge on any atom is 0.265 e. The van der Waals surface area contributed by atoms with Crippen molar-refractivity contribution >= 4 is 25.6 Å². The Kier molecular flexibility index (Phi) is 4.92. The van der Waals surface area contributed by atoms with E-state index in [1.165, 1.54) is 0 Å². The number of ether oxygens (including phenoxy) is 1. The van der Waals surface area contributed by atoms with Crippen molar-refractivity contribution in [3.8, 4) is 5.75 Å². The molecule has 1 amide bonds. The minimum atomic E-state index is -4.14. The maximum atomic E-state index is 12.9. The lowest BCUT2D eigenvalue weighted by molar-refractivity contribution is -0.123. The molecule has 0 heterocycles. The van der Waals surface area contributed by atoms with Gasteiger partial charge in [-0.2, -0.15) is 0 Å². The molecule has 0 radical (unpaired) electrons. The summed E-state index contributed by atoms with van der Waals surface area (Å²) in [4.78, 5) is 10.6. The van der Waals surface area contributed by atoms with Gasteiger partial charge in [-0.1, -0.05) is 0 Å². The van der Waals surface area contributed by atoms with E-state index in [4.69, 9.17) is 15.4 Å². The van der Waals surface area contributed by atoms with Crippen LogP contribution < -0.4 is 10.1 Å². The number of carbonyl (C=O) groups is 1. The van der Waals surface area contributed by atoms with Crippen LogP contribution in [0.15, 0.2) is 23.1 Å². The lowest BCUT2D eigenvalue weighted by Gasteiger charge is -2.09. The summed E-state index contributed by atoms with van der Waals surface area (Å²) in [6.07, 6.45) is 0. The SMILES string of the molecule is CCNC(=O)COc1ccc(F)cc1S(=O)(=O)Cl. The molecule has 8 heteroatoms. The van der Waals surface area contributed by atoms with Gasteiger partial charge in [0.25, 0.3) is 15.0 Å². The van der Waals surface area contributed by atoms with Crippen LogP contribution in [0.3, 0.4) is 0 Å². The van der Waals surface area contributed by atoms with Gasteiger partial charge in [0.05, 0.1) is 0 Å². The molecular weight excluding hydrogens is 285 g/mol. The zero-order valence-electron chi connectivity index (χ0n) is 9.44. The van der Waals surface area contributed by atoms with Gasteiger partial charge >= 0.3 is 0 Å². The lowest BCUT2D eigenvalue weighted by Crippen LogP contribution is -2.28. The molecule has 0 fully saturated rings. The Balaban J connectivity index is 2.93. The maximum absolute atomic E-state index is 12.9. The molecule has 0 saturated heterocycles. The van der Waals surface area contributed by atoms with Crippen LogP contribution in [0, 0.1) is 5.82 Å². The molecule has 1 N–H and O–H groups in total. The molecule has 0 bridgehead atoms. The Morgan fingerprint density at radius 3 is 2.72 bits per heavy atom. The van der Waals surface area contributed by atoms with Crippen molar-refractivity contribution in [2.45, 2.75) is 11.8 Å². The summed E-state index contributed by atoms with van der Waals surface area (Å²) < 4.78 is 40.3. The van der Waals surface area contributed by atoms with Gasteiger partial charge in [0.1, 0.15) is 16.5 Å². The predicted molar refractivity (Wildman–Crippen MR) is 63.6 cm³/mol. The lowest BCUT2D eigenvalue weighted by atomic mass is 10.3. The Morgan fingerprint density at radius 1 is 1.50 bits per heavy atom. The zero-order valence-corrected chi connectivity index (χ0v) is 11.0. The molecule has 100 valence electrons. The Labute approximate surface area is 108 Å².